The molecule has 1 aliphatic rings. The molecule has 1 N–H and O–H groups in total. The lowest BCUT2D eigenvalue weighted by atomic mass is 10.0. The standard InChI is InChI=1S/C20H16FN5O/c1-12-9-13(3-5-22-12)18-17(25-20-24-4-2-7-26(18)20)14-10-15(21)19-16(11-14)23-6-8-27-19/h2-5,7,9-11,23H,6,8H2,1H3. The maximum absolute atomic E-state index is 14.6. The second-order valence-corrected chi connectivity index (χ2v) is 6.39. The van der Waals surface area contributed by atoms with Gasteiger partial charge in [-0.3, -0.25) is 9.38 Å². The van der Waals surface area contributed by atoms with Gasteiger partial charge in [-0.1, -0.05) is 0 Å². The lowest BCUT2D eigenvalue weighted by Crippen LogP contribution is -2.19. The summed E-state index contributed by atoms with van der Waals surface area (Å²) >= 11 is 0. The molecule has 0 saturated carbocycles. The minimum absolute atomic E-state index is 0.258. The number of rotatable bonds is 2. The number of aryl methyl sites for hydroxylation is 1. The molecule has 0 atom stereocenters. The first kappa shape index (κ1) is 15.7. The second-order valence-electron chi connectivity index (χ2n) is 6.39. The molecule has 134 valence electrons. The number of fused-ring (bicyclic) bond motifs is 2. The van der Waals surface area contributed by atoms with Crippen LogP contribution in [0.25, 0.3) is 28.3 Å². The van der Waals surface area contributed by atoms with Crippen LogP contribution in [0.5, 0.6) is 5.75 Å². The highest BCUT2D eigenvalue weighted by Gasteiger charge is 2.21. The maximum Gasteiger partial charge on any atom is 0.234 e. The topological polar surface area (TPSA) is 64.3 Å². The highest BCUT2D eigenvalue weighted by molar-refractivity contribution is 5.83. The lowest BCUT2D eigenvalue weighted by Gasteiger charge is -2.20. The van der Waals surface area contributed by atoms with E-state index in [4.69, 9.17) is 4.74 Å². The summed E-state index contributed by atoms with van der Waals surface area (Å²) in [5.41, 5.74) is 4.65. The molecule has 7 heteroatoms. The lowest BCUT2D eigenvalue weighted by molar-refractivity contribution is 0.306. The van der Waals surface area contributed by atoms with Crippen molar-refractivity contribution < 1.29 is 9.13 Å². The average Bonchev–Trinajstić information content (AvgIpc) is 3.07. The van der Waals surface area contributed by atoms with Gasteiger partial charge < -0.3 is 10.1 Å². The van der Waals surface area contributed by atoms with Crippen molar-refractivity contribution in [2.24, 2.45) is 0 Å². The first-order chi connectivity index (χ1) is 13.2. The van der Waals surface area contributed by atoms with Gasteiger partial charge in [0.25, 0.3) is 0 Å². The number of hydrogen-bond donors (Lipinski definition) is 1. The first-order valence-electron chi connectivity index (χ1n) is 8.67. The molecule has 0 saturated heterocycles. The van der Waals surface area contributed by atoms with Crippen LogP contribution in [-0.4, -0.2) is 32.5 Å². The summed E-state index contributed by atoms with van der Waals surface area (Å²) in [5, 5.41) is 3.19. The van der Waals surface area contributed by atoms with Gasteiger partial charge in [-0.05, 0) is 37.3 Å². The predicted molar refractivity (Wildman–Crippen MR) is 100 cm³/mol. The minimum Gasteiger partial charge on any atom is -0.486 e. The SMILES string of the molecule is Cc1cc(-c2c(-c3cc(F)c4c(c3)NCCO4)nc3ncccn23)ccn1. The van der Waals surface area contributed by atoms with Gasteiger partial charge >= 0.3 is 0 Å². The number of anilines is 1. The fraction of sp³-hybridized carbons (Fsp3) is 0.150. The molecular weight excluding hydrogens is 345 g/mol. The van der Waals surface area contributed by atoms with E-state index in [-0.39, 0.29) is 5.75 Å². The van der Waals surface area contributed by atoms with Crippen molar-refractivity contribution in [3.05, 3.63) is 60.4 Å². The van der Waals surface area contributed by atoms with E-state index in [0.717, 1.165) is 17.0 Å². The van der Waals surface area contributed by atoms with Crippen LogP contribution in [0.4, 0.5) is 10.1 Å². The van der Waals surface area contributed by atoms with Crippen LogP contribution in [0, 0.1) is 12.7 Å². The Kier molecular flexibility index (Phi) is 3.53. The van der Waals surface area contributed by atoms with E-state index in [1.54, 1.807) is 12.4 Å². The van der Waals surface area contributed by atoms with Crippen LogP contribution >= 0.6 is 0 Å². The molecule has 4 heterocycles. The number of hydrogen-bond acceptors (Lipinski definition) is 5. The second kappa shape index (κ2) is 6.05. The van der Waals surface area contributed by atoms with Gasteiger partial charge in [-0.15, -0.1) is 0 Å². The third-order valence-corrected chi connectivity index (χ3v) is 4.55. The number of pyridine rings is 1. The molecule has 0 aliphatic carbocycles. The molecule has 0 amide bonds. The van der Waals surface area contributed by atoms with Crippen molar-refractivity contribution in [1.29, 1.82) is 0 Å². The average molecular weight is 361 g/mol. The molecule has 0 spiro atoms. The van der Waals surface area contributed by atoms with E-state index in [1.807, 2.05) is 41.8 Å². The summed E-state index contributed by atoms with van der Waals surface area (Å²) in [6, 6.07) is 9.08. The summed E-state index contributed by atoms with van der Waals surface area (Å²) in [4.78, 5) is 13.3. The van der Waals surface area contributed by atoms with Gasteiger partial charge in [-0.25, -0.2) is 14.4 Å². The molecule has 6 nitrogen and oxygen atoms in total. The van der Waals surface area contributed by atoms with Gasteiger partial charge in [0.15, 0.2) is 11.6 Å². The van der Waals surface area contributed by atoms with Crippen LogP contribution < -0.4 is 10.1 Å². The molecule has 1 aliphatic heterocycles. The number of imidazole rings is 1. The number of ether oxygens (including phenoxy) is 1. The smallest absolute Gasteiger partial charge is 0.234 e. The van der Waals surface area contributed by atoms with Crippen molar-refractivity contribution in [2.45, 2.75) is 6.92 Å². The highest BCUT2D eigenvalue weighted by Crippen LogP contribution is 2.38. The third-order valence-electron chi connectivity index (χ3n) is 4.55. The fourth-order valence-electron chi connectivity index (χ4n) is 3.40. The molecule has 0 fully saturated rings. The fourth-order valence-corrected chi connectivity index (χ4v) is 3.40. The Balaban J connectivity index is 1.79. The number of aromatic nitrogens is 4. The molecule has 4 aromatic rings. The number of halogens is 1. The summed E-state index contributed by atoms with van der Waals surface area (Å²) in [7, 11) is 0. The van der Waals surface area contributed by atoms with Crippen LogP contribution in [0.3, 0.4) is 0 Å². The summed E-state index contributed by atoms with van der Waals surface area (Å²) in [6.45, 7) is 3.02. The van der Waals surface area contributed by atoms with Crippen molar-refractivity contribution in [3.63, 3.8) is 0 Å². The quantitative estimate of drug-likeness (QED) is 0.590. The molecule has 3 aromatic heterocycles. The van der Waals surface area contributed by atoms with Crippen molar-refractivity contribution in [1.82, 2.24) is 19.4 Å². The number of benzene rings is 1. The van der Waals surface area contributed by atoms with Gasteiger partial charge in [0.1, 0.15) is 6.61 Å². The zero-order valence-electron chi connectivity index (χ0n) is 14.6. The summed E-state index contributed by atoms with van der Waals surface area (Å²) < 4.78 is 22.0. The molecule has 5 rings (SSSR count). The molecule has 0 unspecified atom stereocenters. The molecule has 27 heavy (non-hydrogen) atoms. The van der Waals surface area contributed by atoms with E-state index in [1.165, 1.54) is 6.07 Å². The van der Waals surface area contributed by atoms with E-state index < -0.39 is 5.82 Å². The van der Waals surface area contributed by atoms with E-state index in [2.05, 4.69) is 20.3 Å². The van der Waals surface area contributed by atoms with Gasteiger partial charge in [0.2, 0.25) is 5.78 Å². The van der Waals surface area contributed by atoms with Crippen molar-refractivity contribution in [3.8, 4) is 28.3 Å². The molecular formula is C20H16FN5O. The number of nitrogens with zero attached hydrogens (tertiary/aromatic N) is 4. The zero-order chi connectivity index (χ0) is 18.4. The van der Waals surface area contributed by atoms with Crippen molar-refractivity contribution >= 4 is 11.5 Å². The van der Waals surface area contributed by atoms with Crippen LogP contribution in [-0.2, 0) is 0 Å². The number of nitrogens with one attached hydrogen (secondary N) is 1. The van der Waals surface area contributed by atoms with Gasteiger partial charge in [0.05, 0.1) is 17.1 Å². The van der Waals surface area contributed by atoms with E-state index in [9.17, 15) is 4.39 Å². The van der Waals surface area contributed by atoms with Crippen LogP contribution in [0.1, 0.15) is 5.69 Å². The third kappa shape index (κ3) is 2.59. The Hall–Kier alpha value is -3.48. The minimum atomic E-state index is -0.406. The Morgan fingerprint density at radius 1 is 1.15 bits per heavy atom. The summed E-state index contributed by atoms with van der Waals surface area (Å²) in [5.74, 6) is 0.407. The highest BCUT2D eigenvalue weighted by atomic mass is 19.1. The Morgan fingerprint density at radius 3 is 2.96 bits per heavy atom. The van der Waals surface area contributed by atoms with Crippen LogP contribution in [0.15, 0.2) is 48.9 Å². The molecule has 1 aromatic carbocycles. The van der Waals surface area contributed by atoms with E-state index in [0.29, 0.717) is 35.9 Å². The molecule has 0 radical (unpaired) electrons. The Labute approximate surface area is 154 Å². The van der Waals surface area contributed by atoms with Gasteiger partial charge in [0, 0.05) is 42.0 Å². The predicted octanol–water partition coefficient (Wildman–Crippen LogP) is 3.71. The molecule has 0 bridgehead atoms. The normalized spacial score (nSPS) is 13.1. The van der Waals surface area contributed by atoms with Gasteiger partial charge in [-0.2, -0.15) is 0 Å². The largest absolute Gasteiger partial charge is 0.486 e. The van der Waals surface area contributed by atoms with Crippen LogP contribution in [0.2, 0.25) is 0 Å². The van der Waals surface area contributed by atoms with E-state index >= 15 is 0 Å². The Morgan fingerprint density at radius 2 is 2.07 bits per heavy atom. The van der Waals surface area contributed by atoms with Crippen molar-refractivity contribution in [2.75, 3.05) is 18.5 Å². The maximum atomic E-state index is 14.6. The monoisotopic (exact) mass is 361 g/mol. The zero-order valence-corrected chi connectivity index (χ0v) is 14.6. The summed E-state index contributed by atoms with van der Waals surface area (Å²) in [6.07, 6.45) is 5.35. The first-order valence-corrected chi connectivity index (χ1v) is 8.67. The Bertz CT molecular complexity index is 1170.